The Morgan fingerprint density at radius 1 is 1.33 bits per heavy atom. The van der Waals surface area contributed by atoms with E-state index in [1.807, 2.05) is 0 Å². The summed E-state index contributed by atoms with van der Waals surface area (Å²) in [5, 5.41) is 23.2. The Morgan fingerprint density at radius 2 is 2.17 bits per heavy atom. The van der Waals surface area contributed by atoms with Crippen LogP contribution in [0.25, 0.3) is 11.0 Å². The van der Waals surface area contributed by atoms with Crippen molar-refractivity contribution in [2.45, 2.75) is 0 Å². The maximum atomic E-state index is 8.09. The summed E-state index contributed by atoms with van der Waals surface area (Å²) in [7, 11) is 1.57. The lowest BCUT2D eigenvalue weighted by Crippen LogP contribution is -2.33. The van der Waals surface area contributed by atoms with Crippen LogP contribution in [0.3, 0.4) is 0 Å². The maximum absolute atomic E-state index is 8.09. The largest absolute Gasteiger partial charge is 0.495 e. The predicted molar refractivity (Wildman–Crippen MR) is 90.8 cm³/mol. The van der Waals surface area contributed by atoms with E-state index in [4.69, 9.17) is 27.2 Å². The number of fused-ring (bicyclic) bond motifs is 1. The number of pyridine rings is 2. The summed E-state index contributed by atoms with van der Waals surface area (Å²) in [6, 6.07) is 6.55. The summed E-state index contributed by atoms with van der Waals surface area (Å²) in [6.45, 7) is 0.150. The number of anilines is 1. The summed E-state index contributed by atoms with van der Waals surface area (Å²) >= 11 is 5.82. The molecule has 3 N–H and O–H groups in total. The number of ether oxygens (including phenoxy) is 1. The predicted octanol–water partition coefficient (Wildman–Crippen LogP) is 1.91. The molecule has 0 aromatic carbocycles. The third-order valence-corrected chi connectivity index (χ3v) is 3.49. The second-order valence-corrected chi connectivity index (χ2v) is 5.24. The maximum Gasteiger partial charge on any atom is 0.150 e. The highest BCUT2D eigenvalue weighted by atomic mass is 35.5. The van der Waals surface area contributed by atoms with Crippen LogP contribution in [0, 0.1) is 10.8 Å². The fourth-order valence-corrected chi connectivity index (χ4v) is 2.27. The second kappa shape index (κ2) is 6.63. The quantitative estimate of drug-likeness (QED) is 0.494. The highest BCUT2D eigenvalue weighted by Gasteiger charge is 2.08. The van der Waals surface area contributed by atoms with Gasteiger partial charge < -0.3 is 10.1 Å². The van der Waals surface area contributed by atoms with E-state index in [-0.39, 0.29) is 23.0 Å². The molecule has 0 amide bonds. The van der Waals surface area contributed by atoms with Crippen LogP contribution in [0.1, 0.15) is 0 Å². The lowest BCUT2D eigenvalue weighted by Gasteiger charge is -2.11. The molecule has 0 aliphatic rings. The first-order valence-corrected chi connectivity index (χ1v) is 7.37. The Kier molecular flexibility index (Phi) is 4.39. The van der Waals surface area contributed by atoms with Crippen molar-refractivity contribution in [3.8, 4) is 5.75 Å². The van der Waals surface area contributed by atoms with Gasteiger partial charge in [0.1, 0.15) is 27.7 Å². The van der Waals surface area contributed by atoms with Crippen LogP contribution in [0.4, 0.5) is 5.69 Å². The zero-order valence-electron chi connectivity index (χ0n) is 12.7. The highest BCUT2D eigenvalue weighted by molar-refractivity contribution is 6.29. The number of rotatable bonds is 4. The van der Waals surface area contributed by atoms with Crippen molar-refractivity contribution in [1.82, 2.24) is 19.7 Å². The molecule has 122 valence electrons. The van der Waals surface area contributed by atoms with E-state index in [1.54, 1.807) is 31.6 Å². The van der Waals surface area contributed by atoms with Crippen LogP contribution in [-0.4, -0.2) is 39.2 Å². The minimum absolute atomic E-state index is 0.0775. The van der Waals surface area contributed by atoms with Gasteiger partial charge in [-0.25, -0.2) is 4.98 Å². The van der Waals surface area contributed by atoms with Crippen molar-refractivity contribution in [3.63, 3.8) is 0 Å². The molecule has 24 heavy (non-hydrogen) atoms. The molecule has 0 radical (unpaired) electrons. The summed E-state index contributed by atoms with van der Waals surface area (Å²) in [5.41, 5.74) is 2.15. The van der Waals surface area contributed by atoms with E-state index < -0.39 is 0 Å². The number of hydrogen-bond donors (Lipinski definition) is 3. The van der Waals surface area contributed by atoms with Gasteiger partial charge in [0.2, 0.25) is 0 Å². The van der Waals surface area contributed by atoms with Crippen LogP contribution in [0.2, 0.25) is 5.15 Å². The molecule has 0 fully saturated rings. The molecule has 0 aliphatic heterocycles. The van der Waals surface area contributed by atoms with E-state index in [2.05, 4.69) is 20.4 Å². The summed E-state index contributed by atoms with van der Waals surface area (Å²) in [5.74, 6) is 0.707. The van der Waals surface area contributed by atoms with Crippen LogP contribution < -0.4 is 15.5 Å². The molecular weight excluding hydrogens is 330 g/mol. The molecule has 0 saturated heterocycles. The number of hydrogen-bond acceptors (Lipinski definition) is 7. The Morgan fingerprint density at radius 3 is 2.96 bits per heavy atom. The average Bonchev–Trinajstić information content (AvgIpc) is 2.61. The van der Waals surface area contributed by atoms with Crippen molar-refractivity contribution < 1.29 is 4.74 Å². The molecule has 0 spiro atoms. The van der Waals surface area contributed by atoms with Crippen molar-refractivity contribution >= 4 is 34.2 Å². The summed E-state index contributed by atoms with van der Waals surface area (Å²) < 4.78 is 6.30. The molecule has 0 unspecified atom stereocenters. The first kappa shape index (κ1) is 15.9. The number of nitrogens with zero attached hydrogens (tertiary/aromatic N) is 4. The van der Waals surface area contributed by atoms with Gasteiger partial charge in [-0.1, -0.05) is 11.6 Å². The van der Waals surface area contributed by atoms with Gasteiger partial charge in [-0.15, -0.1) is 0 Å². The van der Waals surface area contributed by atoms with E-state index in [9.17, 15) is 0 Å². The standard InChI is InChI=1S/C15H14ClN7O/c1-24-9-6-11-15(21-7-9)10(4-5-19-11)20-8-14(18)23-13(17)3-2-12(16)22-23/h2-7,17-18H,8H2,1H3,(H,19,20). The zero-order chi connectivity index (χ0) is 17.1. The molecular formula is C15H14ClN7O. The lowest BCUT2D eigenvalue weighted by molar-refractivity contribution is 0.413. The molecule has 0 saturated carbocycles. The Bertz CT molecular complexity index is 969. The minimum Gasteiger partial charge on any atom is -0.495 e. The van der Waals surface area contributed by atoms with Gasteiger partial charge in [0.05, 0.1) is 31.1 Å². The van der Waals surface area contributed by atoms with Crippen LogP contribution >= 0.6 is 11.6 Å². The van der Waals surface area contributed by atoms with Crippen molar-refractivity contribution in [1.29, 1.82) is 10.8 Å². The molecule has 3 aromatic rings. The molecule has 3 aromatic heterocycles. The number of halogens is 1. The molecule has 0 atom stereocenters. The summed E-state index contributed by atoms with van der Waals surface area (Å²) in [6.07, 6.45) is 3.26. The average molecular weight is 344 g/mol. The molecule has 8 nitrogen and oxygen atoms in total. The lowest BCUT2D eigenvalue weighted by atomic mass is 10.2. The highest BCUT2D eigenvalue weighted by Crippen LogP contribution is 2.22. The Hall–Kier alpha value is -3.00. The van der Waals surface area contributed by atoms with Crippen LogP contribution in [-0.2, 0) is 0 Å². The normalized spacial score (nSPS) is 10.6. The molecule has 0 aliphatic carbocycles. The van der Waals surface area contributed by atoms with Gasteiger partial charge in [0, 0.05) is 12.3 Å². The van der Waals surface area contributed by atoms with Gasteiger partial charge in [-0.3, -0.25) is 15.8 Å². The van der Waals surface area contributed by atoms with E-state index >= 15 is 0 Å². The SMILES string of the molecule is COc1cnc2c(NCC(=N)n3nc(Cl)ccc3=N)ccnc2c1. The smallest absolute Gasteiger partial charge is 0.150 e. The van der Waals surface area contributed by atoms with Gasteiger partial charge in [0.25, 0.3) is 0 Å². The second-order valence-electron chi connectivity index (χ2n) is 4.85. The molecule has 3 heterocycles. The fourth-order valence-electron chi connectivity index (χ4n) is 2.13. The first-order valence-electron chi connectivity index (χ1n) is 6.99. The molecule has 9 heteroatoms. The number of nitrogens with one attached hydrogen (secondary N) is 3. The fraction of sp³-hybridized carbons (Fsp3) is 0.133. The van der Waals surface area contributed by atoms with E-state index in [0.717, 1.165) is 10.4 Å². The van der Waals surface area contributed by atoms with Gasteiger partial charge in [-0.05, 0) is 18.2 Å². The minimum atomic E-state index is 0.0775. The Labute approximate surface area is 142 Å². The van der Waals surface area contributed by atoms with Gasteiger partial charge >= 0.3 is 0 Å². The first-order chi connectivity index (χ1) is 11.6. The van der Waals surface area contributed by atoms with Crippen LogP contribution in [0.15, 0.2) is 36.7 Å². The van der Waals surface area contributed by atoms with Crippen molar-refractivity contribution in [2.75, 3.05) is 19.0 Å². The number of methoxy groups -OCH3 is 1. The summed E-state index contributed by atoms with van der Waals surface area (Å²) in [4.78, 5) is 8.59. The third kappa shape index (κ3) is 3.18. The monoisotopic (exact) mass is 343 g/mol. The third-order valence-electron chi connectivity index (χ3n) is 3.29. The van der Waals surface area contributed by atoms with E-state index in [0.29, 0.717) is 16.8 Å². The van der Waals surface area contributed by atoms with Crippen molar-refractivity contribution in [2.24, 2.45) is 0 Å². The van der Waals surface area contributed by atoms with E-state index in [1.165, 1.54) is 12.1 Å². The van der Waals surface area contributed by atoms with Gasteiger partial charge in [-0.2, -0.15) is 9.78 Å². The van der Waals surface area contributed by atoms with Crippen molar-refractivity contribution in [3.05, 3.63) is 47.3 Å². The van der Waals surface area contributed by atoms with Crippen LogP contribution in [0.5, 0.6) is 5.75 Å². The molecule has 0 bridgehead atoms. The Balaban J connectivity index is 1.84. The molecule has 3 rings (SSSR count). The topological polar surface area (TPSA) is 113 Å². The van der Waals surface area contributed by atoms with Gasteiger partial charge in [0.15, 0.2) is 0 Å². The number of aromatic nitrogens is 4. The zero-order valence-corrected chi connectivity index (χ0v) is 13.5.